The smallest absolute Gasteiger partial charge is 0.139 e. The molecule has 1 heterocycles. The van der Waals surface area contributed by atoms with Crippen LogP contribution in [0.5, 0.6) is 11.5 Å². The predicted molar refractivity (Wildman–Crippen MR) is 159 cm³/mol. The van der Waals surface area contributed by atoms with Gasteiger partial charge in [-0.15, -0.1) is 0 Å². The molecule has 0 bridgehead atoms. The van der Waals surface area contributed by atoms with E-state index in [-0.39, 0.29) is 23.4 Å². The van der Waals surface area contributed by atoms with Gasteiger partial charge in [-0.2, -0.15) is 0 Å². The van der Waals surface area contributed by atoms with Gasteiger partial charge < -0.3 is 14.8 Å². The minimum absolute atomic E-state index is 0.210. The largest absolute Gasteiger partial charge is 0.456 e. The Morgan fingerprint density at radius 3 is 2.66 bits per heavy atom. The molecule has 38 heavy (non-hydrogen) atoms. The van der Waals surface area contributed by atoms with Gasteiger partial charge in [-0.25, -0.2) is 0 Å². The molecule has 1 aliphatic carbocycles. The van der Waals surface area contributed by atoms with Gasteiger partial charge in [0.1, 0.15) is 29.0 Å². The first kappa shape index (κ1) is 26.1. The molecule has 0 amide bonds. The molecular formula is C32H32BrN3O2. The predicted octanol–water partition coefficient (Wildman–Crippen LogP) is 8.38. The molecule has 0 radical (unpaired) electrons. The first-order valence-corrected chi connectivity index (χ1v) is 13.9. The molecular weight excluding hydrogens is 538 g/mol. The van der Waals surface area contributed by atoms with Crippen LogP contribution < -0.4 is 10.1 Å². The fourth-order valence-electron chi connectivity index (χ4n) is 5.36. The number of carbonyl (C=O) groups is 1. The lowest BCUT2D eigenvalue weighted by molar-refractivity contribution is -0.117. The van der Waals surface area contributed by atoms with Crippen LogP contribution in [0.15, 0.2) is 59.1 Å². The van der Waals surface area contributed by atoms with Gasteiger partial charge >= 0.3 is 0 Å². The van der Waals surface area contributed by atoms with E-state index >= 15 is 0 Å². The number of allylic oxidation sites excluding steroid dienone is 4. The Balaban J connectivity index is 1.72. The van der Waals surface area contributed by atoms with Crippen LogP contribution in [0, 0.1) is 10.8 Å². The molecule has 0 aromatic heterocycles. The number of amidine groups is 2. The number of aryl methyl sites for hydroxylation is 1. The number of benzene rings is 3. The van der Waals surface area contributed by atoms with Gasteiger partial charge in [-0.05, 0) is 84.9 Å². The SMILES string of the molecule is CC(=O)CCCc1cccc(Oc2c(C(C)C)ccc3cc4c(c(C5=CC(Br)=CCC5)c23)C(=N)NC4=N)c1. The van der Waals surface area contributed by atoms with Gasteiger partial charge in [0, 0.05) is 33.0 Å². The minimum Gasteiger partial charge on any atom is -0.456 e. The zero-order valence-corrected chi connectivity index (χ0v) is 23.6. The highest BCUT2D eigenvalue weighted by molar-refractivity contribution is 9.11. The third kappa shape index (κ3) is 5.10. The first-order valence-electron chi connectivity index (χ1n) is 13.1. The molecule has 0 atom stereocenters. The zero-order valence-electron chi connectivity index (χ0n) is 22.0. The van der Waals surface area contributed by atoms with Crippen LogP contribution in [0.1, 0.15) is 80.2 Å². The van der Waals surface area contributed by atoms with Crippen LogP contribution in [-0.2, 0) is 11.2 Å². The van der Waals surface area contributed by atoms with Crippen LogP contribution in [0.3, 0.4) is 0 Å². The maximum absolute atomic E-state index is 11.4. The van der Waals surface area contributed by atoms with Crippen molar-refractivity contribution in [2.24, 2.45) is 0 Å². The number of hydrogen-bond donors (Lipinski definition) is 3. The van der Waals surface area contributed by atoms with E-state index in [4.69, 9.17) is 15.6 Å². The number of ether oxygens (including phenoxy) is 1. The molecule has 0 fully saturated rings. The van der Waals surface area contributed by atoms with Crippen molar-refractivity contribution in [3.05, 3.63) is 86.9 Å². The molecule has 194 valence electrons. The highest BCUT2D eigenvalue weighted by Crippen LogP contribution is 2.46. The van der Waals surface area contributed by atoms with Crippen molar-refractivity contribution >= 4 is 49.7 Å². The molecule has 6 heteroatoms. The fraction of sp³-hybridized carbons (Fsp3) is 0.281. The van der Waals surface area contributed by atoms with Crippen molar-refractivity contribution in [2.75, 3.05) is 0 Å². The molecule has 3 aromatic carbocycles. The number of Topliss-reactive ketones (excluding diaryl/α,β-unsaturated/α-hetero) is 1. The molecule has 3 N–H and O–H groups in total. The second-order valence-corrected chi connectivity index (χ2v) is 11.3. The van der Waals surface area contributed by atoms with Crippen molar-refractivity contribution in [1.82, 2.24) is 5.32 Å². The number of halogens is 1. The van der Waals surface area contributed by atoms with Gasteiger partial charge in [0.05, 0.1) is 0 Å². The summed E-state index contributed by atoms with van der Waals surface area (Å²) in [5.74, 6) is 2.49. The molecule has 5 rings (SSSR count). The Hall–Kier alpha value is -3.51. The first-order chi connectivity index (χ1) is 18.2. The van der Waals surface area contributed by atoms with E-state index in [0.717, 1.165) is 85.8 Å². The Morgan fingerprint density at radius 2 is 1.92 bits per heavy atom. The molecule has 0 saturated heterocycles. The van der Waals surface area contributed by atoms with Gasteiger partial charge in [0.25, 0.3) is 0 Å². The fourth-order valence-corrected chi connectivity index (χ4v) is 5.87. The zero-order chi connectivity index (χ0) is 27.0. The van der Waals surface area contributed by atoms with E-state index in [1.807, 2.05) is 18.2 Å². The molecule has 3 aromatic rings. The minimum atomic E-state index is 0.210. The van der Waals surface area contributed by atoms with Crippen LogP contribution in [0.4, 0.5) is 0 Å². The van der Waals surface area contributed by atoms with Crippen LogP contribution in [0.25, 0.3) is 16.3 Å². The molecule has 0 spiro atoms. The van der Waals surface area contributed by atoms with Gasteiger partial charge in [-0.1, -0.05) is 60.1 Å². The highest BCUT2D eigenvalue weighted by Gasteiger charge is 2.30. The summed E-state index contributed by atoms with van der Waals surface area (Å²) in [6, 6.07) is 14.4. The van der Waals surface area contributed by atoms with Crippen molar-refractivity contribution in [2.45, 2.75) is 58.8 Å². The van der Waals surface area contributed by atoms with Crippen molar-refractivity contribution < 1.29 is 9.53 Å². The Morgan fingerprint density at radius 1 is 1.11 bits per heavy atom. The number of fused-ring (bicyclic) bond motifs is 2. The third-order valence-corrected chi connectivity index (χ3v) is 7.73. The number of carbonyl (C=O) groups excluding carboxylic acids is 1. The van der Waals surface area contributed by atoms with Crippen molar-refractivity contribution in [3.63, 3.8) is 0 Å². The summed E-state index contributed by atoms with van der Waals surface area (Å²) >= 11 is 3.67. The second kappa shape index (κ2) is 10.7. The van der Waals surface area contributed by atoms with Crippen LogP contribution in [0.2, 0.25) is 0 Å². The Bertz CT molecular complexity index is 1550. The monoisotopic (exact) mass is 569 g/mol. The van der Waals surface area contributed by atoms with Crippen LogP contribution in [-0.4, -0.2) is 17.5 Å². The Kier molecular flexibility index (Phi) is 7.35. The second-order valence-electron chi connectivity index (χ2n) is 10.4. The molecule has 5 nitrogen and oxygen atoms in total. The van der Waals surface area contributed by atoms with E-state index < -0.39 is 0 Å². The van der Waals surface area contributed by atoms with Crippen molar-refractivity contribution in [1.29, 1.82) is 10.8 Å². The molecule has 0 saturated carbocycles. The molecule has 0 unspecified atom stereocenters. The third-order valence-electron chi connectivity index (χ3n) is 7.18. The summed E-state index contributed by atoms with van der Waals surface area (Å²) in [5.41, 5.74) is 5.85. The lowest BCUT2D eigenvalue weighted by atomic mass is 9.84. The van der Waals surface area contributed by atoms with Gasteiger partial charge in [0.15, 0.2) is 0 Å². The summed E-state index contributed by atoms with van der Waals surface area (Å²) in [7, 11) is 0. The normalized spacial score (nSPS) is 14.9. The van der Waals surface area contributed by atoms with Crippen LogP contribution >= 0.6 is 15.9 Å². The number of nitrogens with one attached hydrogen (secondary N) is 3. The van der Waals surface area contributed by atoms with E-state index in [1.165, 1.54) is 0 Å². The van der Waals surface area contributed by atoms with E-state index in [9.17, 15) is 4.79 Å². The van der Waals surface area contributed by atoms with E-state index in [0.29, 0.717) is 6.42 Å². The van der Waals surface area contributed by atoms with Gasteiger partial charge in [0.2, 0.25) is 0 Å². The highest BCUT2D eigenvalue weighted by atomic mass is 79.9. The lowest BCUT2D eigenvalue weighted by Crippen LogP contribution is -2.20. The lowest BCUT2D eigenvalue weighted by Gasteiger charge is -2.23. The summed E-state index contributed by atoms with van der Waals surface area (Å²) in [5, 5.41) is 22.1. The number of ketones is 1. The summed E-state index contributed by atoms with van der Waals surface area (Å²) in [4.78, 5) is 11.4. The summed E-state index contributed by atoms with van der Waals surface area (Å²) in [6.45, 7) is 5.96. The Labute approximate surface area is 232 Å². The summed E-state index contributed by atoms with van der Waals surface area (Å²) in [6.07, 6.45) is 8.26. The maximum Gasteiger partial charge on any atom is 0.139 e. The average molecular weight is 571 g/mol. The van der Waals surface area contributed by atoms with Crippen molar-refractivity contribution in [3.8, 4) is 11.5 Å². The van der Waals surface area contributed by atoms with E-state index in [1.54, 1.807) is 6.92 Å². The molecule has 2 aliphatic rings. The topological polar surface area (TPSA) is 86.0 Å². The number of hydrogen-bond acceptors (Lipinski definition) is 4. The summed E-state index contributed by atoms with van der Waals surface area (Å²) < 4.78 is 7.79. The quantitative estimate of drug-likeness (QED) is 0.254. The standard InChI is InChI=1S/C32H32BrN3O2/c1-18(2)25-14-13-22-17-26-29(32(35)36-31(26)34)27(21-10-6-11-23(33)16-21)28(22)30(25)38-24-12-5-9-20(15-24)8-4-7-19(3)37/h5,9,11-18H,4,6-8,10H2,1-3H3,(H3,34,35,36). The van der Waals surface area contributed by atoms with Gasteiger partial charge in [-0.3, -0.25) is 10.8 Å². The average Bonchev–Trinajstić information content (AvgIpc) is 3.15. The number of rotatable bonds is 8. The maximum atomic E-state index is 11.4. The molecule has 1 aliphatic heterocycles. The van der Waals surface area contributed by atoms with E-state index in [2.05, 4.69) is 71.5 Å².